The maximum Gasteiger partial charge on any atom is 0.248 e. The molecule has 94 valence electrons. The first-order valence-electron chi connectivity index (χ1n) is 6.25. The van der Waals surface area contributed by atoms with Crippen LogP contribution in [-0.4, -0.2) is 12.5 Å². The van der Waals surface area contributed by atoms with Gasteiger partial charge in [-0.15, -0.1) is 0 Å². The van der Waals surface area contributed by atoms with E-state index in [0.717, 1.165) is 17.7 Å². The van der Waals surface area contributed by atoms with E-state index in [2.05, 4.69) is 13.0 Å². The van der Waals surface area contributed by atoms with Crippen LogP contribution in [0.1, 0.15) is 36.9 Å². The second-order valence-corrected chi connectivity index (χ2v) is 4.48. The van der Waals surface area contributed by atoms with E-state index in [4.69, 9.17) is 11.0 Å². The number of rotatable bonds is 4. The van der Waals surface area contributed by atoms with Crippen LogP contribution in [0.4, 0.5) is 5.69 Å². The lowest BCUT2D eigenvalue weighted by Gasteiger charge is -2.16. The summed E-state index contributed by atoms with van der Waals surface area (Å²) in [5.41, 5.74) is 8.96. The molecule has 2 N–H and O–H groups in total. The van der Waals surface area contributed by atoms with Gasteiger partial charge in [-0.1, -0.05) is 19.1 Å². The van der Waals surface area contributed by atoms with E-state index in [-0.39, 0.29) is 5.91 Å². The van der Waals surface area contributed by atoms with Crippen molar-refractivity contribution in [3.05, 3.63) is 29.3 Å². The zero-order valence-corrected chi connectivity index (χ0v) is 10.5. The molecule has 0 fully saturated rings. The van der Waals surface area contributed by atoms with Crippen molar-refractivity contribution in [2.75, 3.05) is 11.4 Å². The molecular weight excluding hydrogens is 226 g/mol. The molecule has 0 bridgehead atoms. The smallest absolute Gasteiger partial charge is 0.248 e. The molecule has 0 aromatic heterocycles. The largest absolute Gasteiger partial charge is 0.316 e. The number of benzene rings is 1. The summed E-state index contributed by atoms with van der Waals surface area (Å²) in [5, 5.41) is 8.54. The summed E-state index contributed by atoms with van der Waals surface area (Å²) in [6, 6.07) is 7.55. The number of nitrogens with zero attached hydrogens (tertiary/aromatic N) is 2. The molecular formula is C14H17N3O. The van der Waals surface area contributed by atoms with E-state index < -0.39 is 6.04 Å². The van der Waals surface area contributed by atoms with Gasteiger partial charge in [-0.05, 0) is 24.5 Å². The molecule has 1 atom stereocenters. The molecule has 0 aliphatic carbocycles. The summed E-state index contributed by atoms with van der Waals surface area (Å²) < 4.78 is 0. The van der Waals surface area contributed by atoms with Crippen LogP contribution in [0.25, 0.3) is 0 Å². The van der Waals surface area contributed by atoms with Gasteiger partial charge in [-0.3, -0.25) is 4.79 Å². The van der Waals surface area contributed by atoms with Gasteiger partial charge in [-0.2, -0.15) is 5.26 Å². The Morgan fingerprint density at radius 2 is 2.28 bits per heavy atom. The van der Waals surface area contributed by atoms with E-state index >= 15 is 0 Å². The lowest BCUT2D eigenvalue weighted by atomic mass is 10.0. The van der Waals surface area contributed by atoms with Gasteiger partial charge in [0.25, 0.3) is 0 Å². The molecule has 1 aromatic carbocycles. The highest BCUT2D eigenvalue weighted by atomic mass is 16.2. The van der Waals surface area contributed by atoms with E-state index in [1.165, 1.54) is 5.56 Å². The molecule has 2 rings (SSSR count). The fourth-order valence-electron chi connectivity index (χ4n) is 2.29. The molecule has 0 radical (unpaired) electrons. The van der Waals surface area contributed by atoms with Crippen molar-refractivity contribution < 1.29 is 4.79 Å². The minimum Gasteiger partial charge on any atom is -0.316 e. The van der Waals surface area contributed by atoms with Gasteiger partial charge in [0.15, 0.2) is 0 Å². The van der Waals surface area contributed by atoms with Crippen LogP contribution in [-0.2, 0) is 11.2 Å². The Bertz CT molecular complexity index is 504. The summed E-state index contributed by atoms with van der Waals surface area (Å²) in [5.74, 6) is -0.0591. The zero-order valence-electron chi connectivity index (χ0n) is 10.5. The zero-order chi connectivity index (χ0) is 13.1. The van der Waals surface area contributed by atoms with Gasteiger partial charge in [-0.25, -0.2) is 0 Å². The number of anilines is 1. The van der Waals surface area contributed by atoms with E-state index in [1.54, 1.807) is 4.90 Å². The van der Waals surface area contributed by atoms with Crippen molar-refractivity contribution in [1.82, 2.24) is 0 Å². The number of nitriles is 1. The fourth-order valence-corrected chi connectivity index (χ4v) is 2.29. The van der Waals surface area contributed by atoms with E-state index in [0.29, 0.717) is 19.4 Å². The summed E-state index contributed by atoms with van der Waals surface area (Å²) >= 11 is 0. The first-order valence-corrected chi connectivity index (χ1v) is 6.25. The minimum atomic E-state index is -0.548. The van der Waals surface area contributed by atoms with Gasteiger partial charge >= 0.3 is 0 Å². The predicted molar refractivity (Wildman–Crippen MR) is 69.9 cm³/mol. The lowest BCUT2D eigenvalue weighted by Crippen LogP contribution is -2.32. The third kappa shape index (κ3) is 2.09. The van der Waals surface area contributed by atoms with E-state index in [1.807, 2.05) is 18.2 Å². The maximum atomic E-state index is 12.1. The Morgan fingerprint density at radius 3 is 2.94 bits per heavy atom. The predicted octanol–water partition coefficient (Wildman–Crippen LogP) is 1.90. The van der Waals surface area contributed by atoms with Crippen LogP contribution in [0.3, 0.4) is 0 Å². The lowest BCUT2D eigenvalue weighted by molar-refractivity contribution is -0.119. The van der Waals surface area contributed by atoms with Crippen molar-refractivity contribution in [3.8, 4) is 6.07 Å². The summed E-state index contributed by atoms with van der Waals surface area (Å²) in [7, 11) is 0. The first kappa shape index (κ1) is 12.6. The summed E-state index contributed by atoms with van der Waals surface area (Å²) in [6.45, 7) is 2.65. The number of fused-ring (bicyclic) bond motifs is 1. The number of nitrogens with two attached hydrogens (primary N) is 1. The number of unbranched alkanes of at least 4 members (excludes halogenated alkanes) is 1. The number of carbonyl (C=O) groups excluding carboxylic acids is 1. The van der Waals surface area contributed by atoms with Crippen molar-refractivity contribution in [2.45, 2.75) is 32.2 Å². The number of hydrogen-bond donors (Lipinski definition) is 1. The Hall–Kier alpha value is -1.86. The Kier molecular flexibility index (Phi) is 3.63. The molecule has 4 heteroatoms. The van der Waals surface area contributed by atoms with Crippen LogP contribution in [0.5, 0.6) is 0 Å². The Labute approximate surface area is 107 Å². The number of amides is 1. The SMILES string of the molecule is CCc1ccc2c(c1)C(N)C(=O)N2CCCC#N. The highest BCUT2D eigenvalue weighted by Crippen LogP contribution is 2.35. The molecule has 1 aliphatic rings. The third-order valence-corrected chi connectivity index (χ3v) is 3.33. The molecule has 0 saturated carbocycles. The molecule has 0 spiro atoms. The van der Waals surface area contributed by atoms with Gasteiger partial charge in [0.1, 0.15) is 6.04 Å². The molecule has 1 aliphatic heterocycles. The van der Waals surface area contributed by atoms with Crippen LogP contribution in [0.2, 0.25) is 0 Å². The monoisotopic (exact) mass is 243 g/mol. The minimum absolute atomic E-state index is 0.0591. The molecule has 1 unspecified atom stereocenters. The van der Waals surface area contributed by atoms with Gasteiger partial charge < -0.3 is 10.6 Å². The summed E-state index contributed by atoms with van der Waals surface area (Å²) in [4.78, 5) is 13.8. The fraction of sp³-hybridized carbons (Fsp3) is 0.429. The molecule has 4 nitrogen and oxygen atoms in total. The average Bonchev–Trinajstić information content (AvgIpc) is 2.63. The number of hydrogen-bond acceptors (Lipinski definition) is 3. The molecule has 18 heavy (non-hydrogen) atoms. The quantitative estimate of drug-likeness (QED) is 0.821. The van der Waals surface area contributed by atoms with Gasteiger partial charge in [0.05, 0.1) is 6.07 Å². The third-order valence-electron chi connectivity index (χ3n) is 3.33. The van der Waals surface area contributed by atoms with Crippen LogP contribution >= 0.6 is 0 Å². The average molecular weight is 243 g/mol. The highest BCUT2D eigenvalue weighted by molar-refractivity contribution is 6.04. The number of carbonyl (C=O) groups is 1. The standard InChI is InChI=1S/C14H17N3O/c1-2-10-5-6-12-11(9-10)13(16)14(18)17(12)8-4-3-7-15/h5-6,9,13H,2-4,8,16H2,1H3. The molecule has 1 amide bonds. The molecule has 1 heterocycles. The summed E-state index contributed by atoms with van der Waals surface area (Å²) in [6.07, 6.45) is 2.08. The Morgan fingerprint density at radius 1 is 1.50 bits per heavy atom. The van der Waals surface area contributed by atoms with Crippen molar-refractivity contribution in [1.29, 1.82) is 5.26 Å². The van der Waals surface area contributed by atoms with Crippen molar-refractivity contribution in [2.24, 2.45) is 5.73 Å². The van der Waals surface area contributed by atoms with E-state index in [9.17, 15) is 4.79 Å². The second kappa shape index (κ2) is 5.19. The topological polar surface area (TPSA) is 70.1 Å². The van der Waals surface area contributed by atoms with Crippen molar-refractivity contribution in [3.63, 3.8) is 0 Å². The number of aryl methyl sites for hydroxylation is 1. The van der Waals surface area contributed by atoms with Crippen LogP contribution in [0.15, 0.2) is 18.2 Å². The normalized spacial score (nSPS) is 17.7. The first-order chi connectivity index (χ1) is 8.69. The highest BCUT2D eigenvalue weighted by Gasteiger charge is 2.34. The van der Waals surface area contributed by atoms with Gasteiger partial charge in [0, 0.05) is 24.2 Å². The van der Waals surface area contributed by atoms with Crippen molar-refractivity contribution >= 4 is 11.6 Å². The second-order valence-electron chi connectivity index (χ2n) is 4.48. The molecule has 1 aromatic rings. The Balaban J connectivity index is 2.26. The van der Waals surface area contributed by atoms with Crippen LogP contribution < -0.4 is 10.6 Å². The maximum absolute atomic E-state index is 12.1. The van der Waals surface area contributed by atoms with Crippen LogP contribution in [0, 0.1) is 11.3 Å². The van der Waals surface area contributed by atoms with Gasteiger partial charge in [0.2, 0.25) is 5.91 Å². The molecule has 0 saturated heterocycles.